The Balaban J connectivity index is 2.13. The second-order valence-electron chi connectivity index (χ2n) is 6.04. The molecule has 2 aromatic rings. The van der Waals surface area contributed by atoms with E-state index in [1.807, 2.05) is 0 Å². The molecular formula is C15H18Cl2N2O. The first kappa shape index (κ1) is 14.2. The Labute approximate surface area is 128 Å². The maximum Gasteiger partial charge on any atom is 0.0879 e. The molecular weight excluding hydrogens is 295 g/mol. The van der Waals surface area contributed by atoms with Gasteiger partial charge in [0.15, 0.2) is 0 Å². The molecule has 108 valence electrons. The molecule has 0 saturated heterocycles. The topological polar surface area (TPSA) is 48.9 Å². The third-order valence-electron chi connectivity index (χ3n) is 4.60. The minimum Gasteiger partial charge on any atom is -0.388 e. The number of hydrogen-bond acceptors (Lipinski definition) is 2. The van der Waals surface area contributed by atoms with E-state index in [2.05, 4.69) is 17.1 Å². The van der Waals surface area contributed by atoms with Gasteiger partial charge in [-0.25, -0.2) is 0 Å². The quantitative estimate of drug-likeness (QED) is 0.830. The molecule has 1 unspecified atom stereocenters. The van der Waals surface area contributed by atoms with Crippen LogP contribution in [0.1, 0.15) is 50.7 Å². The van der Waals surface area contributed by atoms with Crippen LogP contribution in [0.5, 0.6) is 0 Å². The summed E-state index contributed by atoms with van der Waals surface area (Å²) in [4.78, 5) is 0. The molecule has 1 aromatic carbocycles. The summed E-state index contributed by atoms with van der Waals surface area (Å²) in [6, 6.07) is 1.78. The van der Waals surface area contributed by atoms with E-state index < -0.39 is 6.10 Å². The molecule has 1 heterocycles. The Kier molecular flexibility index (Phi) is 3.69. The van der Waals surface area contributed by atoms with Crippen LogP contribution in [0, 0.1) is 5.41 Å². The van der Waals surface area contributed by atoms with Crippen molar-refractivity contribution in [2.24, 2.45) is 5.41 Å². The summed E-state index contributed by atoms with van der Waals surface area (Å²) in [7, 11) is 0. The summed E-state index contributed by atoms with van der Waals surface area (Å²) >= 11 is 12.6. The van der Waals surface area contributed by atoms with E-state index in [0.717, 1.165) is 36.6 Å². The molecule has 3 rings (SSSR count). The van der Waals surface area contributed by atoms with Gasteiger partial charge in [-0.15, -0.1) is 0 Å². The van der Waals surface area contributed by atoms with Crippen molar-refractivity contribution in [3.63, 3.8) is 0 Å². The van der Waals surface area contributed by atoms with Crippen LogP contribution < -0.4 is 0 Å². The Morgan fingerprint density at radius 3 is 2.70 bits per heavy atom. The van der Waals surface area contributed by atoms with Crippen molar-refractivity contribution in [2.45, 2.75) is 45.1 Å². The lowest BCUT2D eigenvalue weighted by molar-refractivity contribution is 0.00914. The van der Waals surface area contributed by atoms with E-state index in [1.54, 1.807) is 12.3 Å². The average molecular weight is 313 g/mol. The summed E-state index contributed by atoms with van der Waals surface area (Å²) in [5.74, 6) is 0. The summed E-state index contributed by atoms with van der Waals surface area (Å²) < 4.78 is 0. The maximum atomic E-state index is 10.9. The number of halogens is 2. The Bertz CT molecular complexity index is 632. The molecule has 2 N–H and O–H groups in total. The maximum absolute atomic E-state index is 10.9. The molecule has 1 fully saturated rings. The largest absolute Gasteiger partial charge is 0.388 e. The summed E-state index contributed by atoms with van der Waals surface area (Å²) in [5, 5.41) is 19.7. The van der Waals surface area contributed by atoms with E-state index in [4.69, 9.17) is 23.2 Å². The van der Waals surface area contributed by atoms with Crippen molar-refractivity contribution < 1.29 is 5.11 Å². The molecule has 1 aromatic heterocycles. The first-order valence-electron chi connectivity index (χ1n) is 7.02. The van der Waals surface area contributed by atoms with Gasteiger partial charge >= 0.3 is 0 Å². The van der Waals surface area contributed by atoms with Crippen LogP contribution in [0.25, 0.3) is 10.9 Å². The number of nitrogens with zero attached hydrogens (tertiary/aromatic N) is 1. The van der Waals surface area contributed by atoms with Gasteiger partial charge in [-0.2, -0.15) is 5.10 Å². The minimum atomic E-state index is -0.628. The highest BCUT2D eigenvalue weighted by Crippen LogP contribution is 2.49. The molecule has 1 aliphatic carbocycles. The van der Waals surface area contributed by atoms with Crippen molar-refractivity contribution in [1.82, 2.24) is 10.2 Å². The normalized spacial score (nSPS) is 20.2. The fourth-order valence-electron chi connectivity index (χ4n) is 3.30. The monoisotopic (exact) mass is 312 g/mol. The van der Waals surface area contributed by atoms with Crippen LogP contribution >= 0.6 is 23.2 Å². The lowest BCUT2D eigenvalue weighted by Crippen LogP contribution is -2.28. The smallest absolute Gasteiger partial charge is 0.0879 e. The number of nitrogens with one attached hydrogen (secondary N) is 1. The second-order valence-corrected chi connectivity index (χ2v) is 6.82. The fraction of sp³-hybridized carbons (Fsp3) is 0.533. The standard InChI is InChI=1S/C15H18Cl2N2O/c1-15(5-3-2-4-6-15)14(20)11-12(17)10(16)7-9-8-18-19-13(9)11/h7-8,14,20H,2-6H2,1H3,(H,18,19). The van der Waals surface area contributed by atoms with Crippen molar-refractivity contribution in [3.8, 4) is 0 Å². The van der Waals surface area contributed by atoms with Gasteiger partial charge in [-0.1, -0.05) is 49.4 Å². The minimum absolute atomic E-state index is 0.148. The van der Waals surface area contributed by atoms with Gasteiger partial charge in [0.25, 0.3) is 0 Å². The number of aromatic amines is 1. The lowest BCUT2D eigenvalue weighted by Gasteiger charge is -2.38. The predicted octanol–water partition coefficient (Wildman–Crippen LogP) is 4.87. The zero-order chi connectivity index (χ0) is 14.3. The fourth-order valence-corrected chi connectivity index (χ4v) is 3.77. The van der Waals surface area contributed by atoms with Crippen LogP contribution in [-0.2, 0) is 0 Å². The van der Waals surface area contributed by atoms with Crippen LogP contribution in [-0.4, -0.2) is 15.3 Å². The molecule has 5 heteroatoms. The molecule has 0 amide bonds. The predicted molar refractivity (Wildman–Crippen MR) is 82.3 cm³/mol. The molecule has 1 saturated carbocycles. The average Bonchev–Trinajstić information content (AvgIpc) is 2.88. The van der Waals surface area contributed by atoms with Crippen LogP contribution in [0.15, 0.2) is 12.3 Å². The molecule has 0 spiro atoms. The molecule has 1 atom stereocenters. The van der Waals surface area contributed by atoms with Gasteiger partial charge in [-0.05, 0) is 24.3 Å². The number of rotatable bonds is 2. The SMILES string of the molecule is CC1(C(O)c2c(Cl)c(Cl)cc3cn[nH]c23)CCCCC1. The van der Waals surface area contributed by atoms with Crippen LogP contribution in [0.3, 0.4) is 0 Å². The van der Waals surface area contributed by atoms with Crippen molar-refractivity contribution in [3.05, 3.63) is 27.9 Å². The first-order chi connectivity index (χ1) is 9.53. The number of H-pyrrole nitrogens is 1. The highest BCUT2D eigenvalue weighted by Gasteiger charge is 2.37. The third-order valence-corrected chi connectivity index (χ3v) is 5.40. The van der Waals surface area contributed by atoms with Gasteiger partial charge in [0.1, 0.15) is 0 Å². The number of aliphatic hydroxyl groups is 1. The van der Waals surface area contributed by atoms with Crippen molar-refractivity contribution in [2.75, 3.05) is 0 Å². The van der Waals surface area contributed by atoms with E-state index >= 15 is 0 Å². The van der Waals surface area contributed by atoms with Crippen LogP contribution in [0.4, 0.5) is 0 Å². The lowest BCUT2D eigenvalue weighted by atomic mass is 9.70. The van der Waals surface area contributed by atoms with E-state index in [9.17, 15) is 5.11 Å². The number of aliphatic hydroxyl groups excluding tert-OH is 1. The number of aromatic nitrogens is 2. The summed E-state index contributed by atoms with van der Waals surface area (Å²) in [5.41, 5.74) is 1.33. The Morgan fingerprint density at radius 2 is 2.00 bits per heavy atom. The van der Waals surface area contributed by atoms with Crippen molar-refractivity contribution in [1.29, 1.82) is 0 Å². The Morgan fingerprint density at radius 1 is 1.30 bits per heavy atom. The van der Waals surface area contributed by atoms with Gasteiger partial charge in [-0.3, -0.25) is 5.10 Å². The molecule has 3 nitrogen and oxygen atoms in total. The van der Waals surface area contributed by atoms with E-state index in [1.165, 1.54) is 6.42 Å². The third kappa shape index (κ3) is 2.22. The Hall–Kier alpha value is -0.770. The van der Waals surface area contributed by atoms with Crippen LogP contribution in [0.2, 0.25) is 10.0 Å². The molecule has 20 heavy (non-hydrogen) atoms. The number of fused-ring (bicyclic) bond motifs is 1. The molecule has 1 aliphatic rings. The molecule has 0 aliphatic heterocycles. The zero-order valence-corrected chi connectivity index (χ0v) is 12.9. The van der Waals surface area contributed by atoms with E-state index in [-0.39, 0.29) is 5.41 Å². The van der Waals surface area contributed by atoms with Gasteiger partial charge < -0.3 is 5.11 Å². The number of benzene rings is 1. The number of hydrogen-bond donors (Lipinski definition) is 2. The summed E-state index contributed by atoms with van der Waals surface area (Å²) in [6.07, 6.45) is 6.63. The van der Waals surface area contributed by atoms with Gasteiger partial charge in [0, 0.05) is 10.9 Å². The highest BCUT2D eigenvalue weighted by molar-refractivity contribution is 6.43. The zero-order valence-electron chi connectivity index (χ0n) is 11.4. The van der Waals surface area contributed by atoms with Gasteiger partial charge in [0.05, 0.1) is 27.9 Å². The first-order valence-corrected chi connectivity index (χ1v) is 7.77. The van der Waals surface area contributed by atoms with Gasteiger partial charge in [0.2, 0.25) is 0 Å². The molecule has 0 bridgehead atoms. The highest BCUT2D eigenvalue weighted by atomic mass is 35.5. The molecule has 0 radical (unpaired) electrons. The van der Waals surface area contributed by atoms with Crippen molar-refractivity contribution >= 4 is 34.1 Å². The van der Waals surface area contributed by atoms with E-state index in [0.29, 0.717) is 15.6 Å². The summed E-state index contributed by atoms with van der Waals surface area (Å²) in [6.45, 7) is 2.14. The second kappa shape index (κ2) is 5.21.